The van der Waals surface area contributed by atoms with E-state index in [0.29, 0.717) is 23.2 Å². The predicted molar refractivity (Wildman–Crippen MR) is 92.9 cm³/mol. The molecule has 122 valence electrons. The van der Waals surface area contributed by atoms with Crippen LogP contribution in [0.1, 0.15) is 19.5 Å². The molecule has 0 atom stereocenters. The molecule has 0 unspecified atom stereocenters. The van der Waals surface area contributed by atoms with Crippen molar-refractivity contribution < 1.29 is 0 Å². The molecule has 10 heteroatoms. The van der Waals surface area contributed by atoms with Crippen LogP contribution in [0.15, 0.2) is 17.5 Å². The molecule has 0 bridgehead atoms. The molecule has 23 heavy (non-hydrogen) atoms. The smallest absolute Gasteiger partial charge is 0.224 e. The van der Waals surface area contributed by atoms with Gasteiger partial charge >= 0.3 is 0 Å². The fraction of sp³-hybridized carbons (Fsp3) is 0.385. The van der Waals surface area contributed by atoms with Crippen molar-refractivity contribution >= 4 is 29.5 Å². The second-order valence-electron chi connectivity index (χ2n) is 5.17. The largest absolute Gasteiger partial charge is 0.375 e. The molecule has 0 spiro atoms. The van der Waals surface area contributed by atoms with Crippen molar-refractivity contribution in [3.63, 3.8) is 0 Å². The van der Waals surface area contributed by atoms with Crippen molar-refractivity contribution in [2.24, 2.45) is 17.9 Å². The lowest BCUT2D eigenvalue weighted by Crippen LogP contribution is -2.27. The lowest BCUT2D eigenvalue weighted by molar-refractivity contribution is 0.552. The van der Waals surface area contributed by atoms with Gasteiger partial charge in [-0.3, -0.25) is 0 Å². The Morgan fingerprint density at radius 2 is 2.22 bits per heavy atom. The first kappa shape index (κ1) is 16.7. The van der Waals surface area contributed by atoms with E-state index in [2.05, 4.69) is 30.6 Å². The molecule has 9 nitrogen and oxygen atoms in total. The maximum atomic E-state index is 5.50. The van der Waals surface area contributed by atoms with E-state index in [4.69, 9.17) is 18.0 Å². The van der Waals surface area contributed by atoms with Gasteiger partial charge in [0.05, 0.1) is 11.9 Å². The van der Waals surface area contributed by atoms with E-state index in [1.165, 1.54) is 5.01 Å². The first-order valence-electron chi connectivity index (χ1n) is 6.94. The van der Waals surface area contributed by atoms with Gasteiger partial charge in [-0.05, 0) is 32.1 Å². The van der Waals surface area contributed by atoms with Crippen molar-refractivity contribution in [3.05, 3.63) is 18.1 Å². The number of thiocarbonyl (C=S) groups is 1. The van der Waals surface area contributed by atoms with Gasteiger partial charge in [-0.15, -0.1) is 10.2 Å². The third kappa shape index (κ3) is 4.42. The van der Waals surface area contributed by atoms with Gasteiger partial charge in [0.2, 0.25) is 5.95 Å². The molecule has 0 saturated carbocycles. The monoisotopic (exact) mass is 333 g/mol. The topological polar surface area (TPSA) is 110 Å². The van der Waals surface area contributed by atoms with Crippen LogP contribution in [-0.4, -0.2) is 54.2 Å². The molecule has 0 radical (unpaired) electrons. The zero-order valence-corrected chi connectivity index (χ0v) is 14.2. The highest BCUT2D eigenvalue weighted by Gasteiger charge is 2.11. The van der Waals surface area contributed by atoms with Gasteiger partial charge in [-0.2, -0.15) is 5.10 Å². The van der Waals surface area contributed by atoms with Crippen LogP contribution in [-0.2, 0) is 7.05 Å². The number of nitrogens with zero attached hydrogens (tertiary/aromatic N) is 7. The van der Waals surface area contributed by atoms with E-state index in [9.17, 15) is 0 Å². The Labute approximate surface area is 139 Å². The lowest BCUT2D eigenvalue weighted by atomic mass is 10.3. The van der Waals surface area contributed by atoms with Gasteiger partial charge in [-0.25, -0.2) is 15.0 Å². The highest BCUT2D eigenvalue weighted by molar-refractivity contribution is 7.80. The van der Waals surface area contributed by atoms with Gasteiger partial charge in [-0.1, -0.05) is 0 Å². The standard InChI is InChI=1S/C13H19N9S/c1-8(2)17-13-18-9(6-16-22(4)12(14)23)5-10(19-13)11-20-15-7-21(11)3/h5-8H,1-4H3,(H2,14,23)(H,17,18,19). The van der Waals surface area contributed by atoms with E-state index in [-0.39, 0.29) is 11.2 Å². The molecule has 3 N–H and O–H groups in total. The molecule has 2 aromatic rings. The SMILES string of the molecule is CC(C)Nc1nc(C=NN(C)C(N)=S)cc(-c2nncn2C)n1. The van der Waals surface area contributed by atoms with Crippen LogP contribution in [0.5, 0.6) is 0 Å². The number of anilines is 1. The minimum absolute atomic E-state index is 0.171. The van der Waals surface area contributed by atoms with E-state index >= 15 is 0 Å². The maximum Gasteiger partial charge on any atom is 0.224 e. The van der Waals surface area contributed by atoms with E-state index in [1.807, 2.05) is 20.9 Å². The van der Waals surface area contributed by atoms with E-state index < -0.39 is 0 Å². The van der Waals surface area contributed by atoms with E-state index in [0.717, 1.165) is 0 Å². The van der Waals surface area contributed by atoms with Crippen LogP contribution >= 0.6 is 12.2 Å². The van der Waals surface area contributed by atoms with Crippen molar-refractivity contribution in [2.75, 3.05) is 12.4 Å². The van der Waals surface area contributed by atoms with Crippen LogP contribution in [0.25, 0.3) is 11.5 Å². The molecule has 0 aliphatic carbocycles. The zero-order valence-electron chi connectivity index (χ0n) is 13.4. The summed E-state index contributed by atoms with van der Waals surface area (Å²) in [6, 6.07) is 1.96. The Hall–Kier alpha value is -2.62. The van der Waals surface area contributed by atoms with Gasteiger partial charge in [0.25, 0.3) is 0 Å². The minimum atomic E-state index is 0.171. The predicted octanol–water partition coefficient (Wildman–Crippen LogP) is 0.602. The van der Waals surface area contributed by atoms with Crippen LogP contribution in [0.2, 0.25) is 0 Å². The van der Waals surface area contributed by atoms with Crippen LogP contribution in [0, 0.1) is 0 Å². The number of rotatable bonds is 5. The number of hydrogen-bond acceptors (Lipinski definition) is 7. The lowest BCUT2D eigenvalue weighted by Gasteiger charge is -2.11. The Morgan fingerprint density at radius 1 is 1.48 bits per heavy atom. The third-order valence-electron chi connectivity index (χ3n) is 2.79. The molecule has 2 rings (SSSR count). The first-order chi connectivity index (χ1) is 10.9. The summed E-state index contributed by atoms with van der Waals surface area (Å²) in [5.41, 5.74) is 6.74. The molecule has 0 aliphatic rings. The number of hydrogen-bond donors (Lipinski definition) is 2. The van der Waals surface area contributed by atoms with E-state index in [1.54, 1.807) is 30.2 Å². The minimum Gasteiger partial charge on any atom is -0.375 e. The van der Waals surface area contributed by atoms with Gasteiger partial charge < -0.3 is 15.6 Å². The fourth-order valence-corrected chi connectivity index (χ4v) is 1.73. The Kier molecular flexibility index (Phi) is 5.16. The van der Waals surface area contributed by atoms with Crippen molar-refractivity contribution in [1.29, 1.82) is 0 Å². The van der Waals surface area contributed by atoms with Crippen LogP contribution < -0.4 is 11.1 Å². The summed E-state index contributed by atoms with van der Waals surface area (Å²) in [7, 11) is 3.51. The average molecular weight is 333 g/mol. The molecular formula is C13H19N9S. The molecule has 0 saturated heterocycles. The number of aryl methyl sites for hydroxylation is 1. The highest BCUT2D eigenvalue weighted by Crippen LogP contribution is 2.16. The Balaban J connectivity index is 2.41. The summed E-state index contributed by atoms with van der Waals surface area (Å²) in [6.45, 7) is 4.01. The second-order valence-corrected chi connectivity index (χ2v) is 5.59. The molecular weight excluding hydrogens is 314 g/mol. The number of hydrazone groups is 1. The molecule has 0 fully saturated rings. The van der Waals surface area contributed by atoms with Crippen molar-refractivity contribution in [3.8, 4) is 11.5 Å². The van der Waals surface area contributed by atoms with Gasteiger partial charge in [0.1, 0.15) is 12.0 Å². The van der Waals surface area contributed by atoms with Crippen molar-refractivity contribution in [2.45, 2.75) is 19.9 Å². The molecule has 2 aromatic heterocycles. The Bertz CT molecular complexity index is 722. The second kappa shape index (κ2) is 7.09. The summed E-state index contributed by atoms with van der Waals surface area (Å²) >= 11 is 4.85. The summed E-state index contributed by atoms with van der Waals surface area (Å²) in [5.74, 6) is 1.12. The number of aromatic nitrogens is 5. The molecule has 0 amide bonds. The summed E-state index contributed by atoms with van der Waals surface area (Å²) < 4.78 is 1.78. The highest BCUT2D eigenvalue weighted by atomic mass is 32.1. The average Bonchev–Trinajstić information content (AvgIpc) is 2.89. The first-order valence-corrected chi connectivity index (χ1v) is 7.34. The molecule has 0 aliphatic heterocycles. The summed E-state index contributed by atoms with van der Waals surface area (Å²) in [4.78, 5) is 8.87. The quantitative estimate of drug-likeness (QED) is 0.465. The maximum absolute atomic E-state index is 5.50. The Morgan fingerprint density at radius 3 is 2.78 bits per heavy atom. The third-order valence-corrected chi connectivity index (χ3v) is 3.05. The fourth-order valence-electron chi connectivity index (χ4n) is 1.69. The summed E-state index contributed by atoms with van der Waals surface area (Å²) in [6.07, 6.45) is 3.17. The van der Waals surface area contributed by atoms with Crippen LogP contribution in [0.4, 0.5) is 5.95 Å². The molecule has 2 heterocycles. The van der Waals surface area contributed by atoms with Gasteiger partial charge in [0.15, 0.2) is 10.9 Å². The zero-order chi connectivity index (χ0) is 17.0. The van der Waals surface area contributed by atoms with Crippen LogP contribution in [0.3, 0.4) is 0 Å². The van der Waals surface area contributed by atoms with Crippen molar-refractivity contribution in [1.82, 2.24) is 29.7 Å². The number of nitrogens with one attached hydrogen (secondary N) is 1. The normalized spacial score (nSPS) is 11.2. The van der Waals surface area contributed by atoms with Gasteiger partial charge in [0, 0.05) is 20.1 Å². The molecule has 0 aromatic carbocycles. The number of nitrogens with two attached hydrogens (primary N) is 1. The summed E-state index contributed by atoms with van der Waals surface area (Å²) in [5, 5.41) is 16.8.